The SMILES string of the molecule is CCCCCCC/C=C/C(O)C(CO)NC(=O)CCCCCCCCCCCCCCCCCCCCCCCCCCCCCCCCCCCCC. The number of carbonyl (C=O) groups is 1. The Morgan fingerprint density at radius 2 is 0.685 bits per heavy atom. The van der Waals surface area contributed by atoms with Crippen LogP contribution in [-0.2, 0) is 4.79 Å². The third-order valence-electron chi connectivity index (χ3n) is 11.8. The fraction of sp³-hybridized carbons (Fsp3) is 0.940. The molecule has 4 heteroatoms. The van der Waals surface area contributed by atoms with Gasteiger partial charge in [-0.3, -0.25) is 4.79 Å². The molecule has 0 radical (unpaired) electrons. The Morgan fingerprint density at radius 3 is 0.963 bits per heavy atom. The van der Waals surface area contributed by atoms with E-state index in [1.807, 2.05) is 6.08 Å². The quantitative estimate of drug-likeness (QED) is 0.0427. The molecule has 0 saturated heterocycles. The van der Waals surface area contributed by atoms with E-state index in [1.54, 1.807) is 6.08 Å². The fourth-order valence-corrected chi connectivity index (χ4v) is 7.95. The molecule has 0 aliphatic carbocycles. The normalized spacial score (nSPS) is 12.9. The highest BCUT2D eigenvalue weighted by molar-refractivity contribution is 5.76. The summed E-state index contributed by atoms with van der Waals surface area (Å²) in [6.45, 7) is 4.28. The molecule has 0 fully saturated rings. The van der Waals surface area contributed by atoms with Gasteiger partial charge < -0.3 is 15.5 Å². The smallest absolute Gasteiger partial charge is 0.220 e. The van der Waals surface area contributed by atoms with Gasteiger partial charge in [-0.2, -0.15) is 0 Å². The van der Waals surface area contributed by atoms with Crippen LogP contribution in [0, 0.1) is 0 Å². The third-order valence-corrected chi connectivity index (χ3v) is 11.8. The fourth-order valence-electron chi connectivity index (χ4n) is 7.95. The van der Waals surface area contributed by atoms with Crippen molar-refractivity contribution in [2.24, 2.45) is 0 Å². The van der Waals surface area contributed by atoms with Gasteiger partial charge in [-0.05, 0) is 19.3 Å². The minimum absolute atomic E-state index is 0.0629. The van der Waals surface area contributed by atoms with Gasteiger partial charge in [0.05, 0.1) is 18.8 Å². The van der Waals surface area contributed by atoms with Crippen molar-refractivity contribution < 1.29 is 15.0 Å². The maximum atomic E-state index is 12.3. The van der Waals surface area contributed by atoms with Crippen LogP contribution in [0.25, 0.3) is 0 Å². The van der Waals surface area contributed by atoms with Crippen molar-refractivity contribution in [1.82, 2.24) is 5.32 Å². The van der Waals surface area contributed by atoms with Crippen molar-refractivity contribution in [2.75, 3.05) is 6.61 Å². The summed E-state index contributed by atoms with van der Waals surface area (Å²) < 4.78 is 0. The highest BCUT2D eigenvalue weighted by atomic mass is 16.3. The van der Waals surface area contributed by atoms with E-state index in [4.69, 9.17) is 0 Å². The highest BCUT2D eigenvalue weighted by Gasteiger charge is 2.18. The summed E-state index contributed by atoms with van der Waals surface area (Å²) in [5.74, 6) is -0.0629. The molecule has 0 aromatic heterocycles. The van der Waals surface area contributed by atoms with E-state index in [2.05, 4.69) is 19.2 Å². The molecule has 0 bridgehead atoms. The average molecular weight is 762 g/mol. The first-order valence-electron chi connectivity index (χ1n) is 24.9. The van der Waals surface area contributed by atoms with Crippen LogP contribution < -0.4 is 5.32 Å². The van der Waals surface area contributed by atoms with E-state index in [9.17, 15) is 15.0 Å². The van der Waals surface area contributed by atoms with Crippen molar-refractivity contribution in [2.45, 2.75) is 296 Å². The lowest BCUT2D eigenvalue weighted by atomic mass is 10.0. The summed E-state index contributed by atoms with van der Waals surface area (Å²) in [6.07, 6.45) is 59.6. The number of nitrogens with one attached hydrogen (secondary N) is 1. The summed E-state index contributed by atoms with van der Waals surface area (Å²) in [7, 11) is 0. The first kappa shape index (κ1) is 53.1. The molecule has 322 valence electrons. The molecule has 1 amide bonds. The highest BCUT2D eigenvalue weighted by Crippen LogP contribution is 2.17. The lowest BCUT2D eigenvalue weighted by molar-refractivity contribution is -0.123. The Labute approximate surface area is 339 Å². The molecule has 0 aliphatic heterocycles. The average Bonchev–Trinajstić information content (AvgIpc) is 3.18. The Bertz CT molecular complexity index is 739. The summed E-state index contributed by atoms with van der Waals surface area (Å²) >= 11 is 0. The van der Waals surface area contributed by atoms with Crippen LogP contribution in [0.15, 0.2) is 12.2 Å². The molecule has 0 spiro atoms. The minimum Gasteiger partial charge on any atom is -0.394 e. The van der Waals surface area contributed by atoms with Crippen LogP contribution >= 0.6 is 0 Å². The predicted octanol–water partition coefficient (Wildman–Crippen LogP) is 15.8. The Morgan fingerprint density at radius 1 is 0.426 bits per heavy atom. The molecule has 0 saturated carbocycles. The molecule has 0 heterocycles. The van der Waals surface area contributed by atoms with E-state index in [-0.39, 0.29) is 12.5 Å². The molecule has 2 unspecified atom stereocenters. The number of aliphatic hydroxyl groups is 2. The Kier molecular flexibility index (Phi) is 45.8. The Hall–Kier alpha value is -0.870. The van der Waals surface area contributed by atoms with Gasteiger partial charge in [-0.25, -0.2) is 0 Å². The molecule has 0 aliphatic rings. The van der Waals surface area contributed by atoms with Crippen molar-refractivity contribution in [3.8, 4) is 0 Å². The van der Waals surface area contributed by atoms with E-state index < -0.39 is 12.1 Å². The lowest BCUT2D eigenvalue weighted by Crippen LogP contribution is -2.45. The summed E-state index contributed by atoms with van der Waals surface area (Å²) in [5.41, 5.74) is 0. The molecule has 0 rings (SSSR count). The number of amides is 1. The molecule has 3 N–H and O–H groups in total. The van der Waals surface area contributed by atoms with Crippen molar-refractivity contribution >= 4 is 5.91 Å². The second-order valence-corrected chi connectivity index (χ2v) is 17.2. The zero-order chi connectivity index (χ0) is 39.3. The monoisotopic (exact) mass is 762 g/mol. The number of carbonyl (C=O) groups excluding carboxylic acids is 1. The zero-order valence-electron chi connectivity index (χ0n) is 37.0. The van der Waals surface area contributed by atoms with Crippen LogP contribution in [-0.4, -0.2) is 34.9 Å². The maximum Gasteiger partial charge on any atom is 0.220 e. The molecule has 0 aromatic rings. The van der Waals surface area contributed by atoms with Gasteiger partial charge in [0.25, 0.3) is 0 Å². The lowest BCUT2D eigenvalue weighted by Gasteiger charge is -2.20. The molecule has 4 nitrogen and oxygen atoms in total. The molecular formula is C50H99NO3. The molecular weight excluding hydrogens is 663 g/mol. The van der Waals surface area contributed by atoms with Gasteiger partial charge >= 0.3 is 0 Å². The van der Waals surface area contributed by atoms with Crippen LogP contribution in [0.2, 0.25) is 0 Å². The van der Waals surface area contributed by atoms with Crippen molar-refractivity contribution in [1.29, 1.82) is 0 Å². The number of allylic oxidation sites excluding steroid dienone is 1. The standard InChI is InChI=1S/C50H99NO3/c1-3-5-7-9-11-12-13-14-15-16-17-18-19-20-21-22-23-24-25-26-27-28-29-30-31-32-33-34-35-36-37-38-40-42-44-46-50(54)51-48(47-52)49(53)45-43-41-39-10-8-6-4-2/h43,45,48-49,52-53H,3-42,44,46-47H2,1-2H3,(H,51,54)/b45-43+. The van der Waals surface area contributed by atoms with Gasteiger partial charge in [-0.15, -0.1) is 0 Å². The first-order chi connectivity index (χ1) is 26.7. The molecule has 54 heavy (non-hydrogen) atoms. The van der Waals surface area contributed by atoms with Crippen LogP contribution in [0.3, 0.4) is 0 Å². The van der Waals surface area contributed by atoms with E-state index >= 15 is 0 Å². The van der Waals surface area contributed by atoms with E-state index in [1.165, 1.54) is 238 Å². The number of hydrogen-bond donors (Lipinski definition) is 3. The van der Waals surface area contributed by atoms with E-state index in [0.29, 0.717) is 6.42 Å². The van der Waals surface area contributed by atoms with E-state index in [0.717, 1.165) is 25.7 Å². The number of unbranched alkanes of at least 4 members (excludes halogenated alkanes) is 39. The van der Waals surface area contributed by atoms with Gasteiger partial charge in [0.2, 0.25) is 5.91 Å². The molecule has 2 atom stereocenters. The number of aliphatic hydroxyl groups excluding tert-OH is 2. The summed E-state index contributed by atoms with van der Waals surface area (Å²) in [5, 5.41) is 22.8. The van der Waals surface area contributed by atoms with Crippen molar-refractivity contribution in [3.63, 3.8) is 0 Å². The summed E-state index contributed by atoms with van der Waals surface area (Å²) in [4.78, 5) is 12.3. The summed E-state index contributed by atoms with van der Waals surface area (Å²) in [6, 6.07) is -0.614. The first-order valence-corrected chi connectivity index (χ1v) is 24.9. The van der Waals surface area contributed by atoms with Crippen LogP contribution in [0.1, 0.15) is 284 Å². The number of hydrogen-bond acceptors (Lipinski definition) is 3. The predicted molar refractivity (Wildman–Crippen MR) is 239 cm³/mol. The van der Waals surface area contributed by atoms with Gasteiger partial charge in [0.15, 0.2) is 0 Å². The second-order valence-electron chi connectivity index (χ2n) is 17.2. The maximum absolute atomic E-state index is 12.3. The van der Waals surface area contributed by atoms with Crippen LogP contribution in [0.4, 0.5) is 0 Å². The largest absolute Gasteiger partial charge is 0.394 e. The topological polar surface area (TPSA) is 69.6 Å². The zero-order valence-corrected chi connectivity index (χ0v) is 37.0. The van der Waals surface area contributed by atoms with Gasteiger partial charge in [0, 0.05) is 6.42 Å². The molecule has 0 aromatic carbocycles. The van der Waals surface area contributed by atoms with Crippen LogP contribution in [0.5, 0.6) is 0 Å². The second kappa shape index (κ2) is 46.5. The Balaban J connectivity index is 3.30. The minimum atomic E-state index is -0.831. The van der Waals surface area contributed by atoms with Crippen molar-refractivity contribution in [3.05, 3.63) is 12.2 Å². The third kappa shape index (κ3) is 42.3. The number of rotatable bonds is 46. The van der Waals surface area contributed by atoms with Gasteiger partial charge in [0.1, 0.15) is 0 Å². The van der Waals surface area contributed by atoms with Gasteiger partial charge in [-0.1, -0.05) is 270 Å².